The van der Waals surface area contributed by atoms with Crippen molar-refractivity contribution in [3.05, 3.63) is 17.5 Å². The van der Waals surface area contributed by atoms with Gasteiger partial charge in [-0.2, -0.15) is 15.6 Å². The van der Waals surface area contributed by atoms with E-state index in [1.54, 1.807) is 0 Å². The predicted molar refractivity (Wildman–Crippen MR) is 124 cm³/mol. The highest BCUT2D eigenvalue weighted by Crippen LogP contribution is 2.10. The molecular formula is C18H34N16O3. The first-order chi connectivity index (χ1) is 18.1. The fraction of sp³-hybridized carbons (Fsp3) is 0.833. The van der Waals surface area contributed by atoms with E-state index in [0.717, 1.165) is 0 Å². The minimum atomic E-state index is -1.07. The highest BCUT2D eigenvalue weighted by Gasteiger charge is 2.27. The maximum absolute atomic E-state index is 10.4. The number of aromatic nitrogens is 12. The molecule has 6 N–H and O–H groups in total. The quantitative estimate of drug-likeness (QED) is 0.146. The summed E-state index contributed by atoms with van der Waals surface area (Å²) < 4.78 is 0. The monoisotopic (exact) mass is 522 g/mol. The Morgan fingerprint density at radius 1 is 0.595 bits per heavy atom. The number of tetrazole rings is 3. The molecule has 0 spiro atoms. The van der Waals surface area contributed by atoms with Crippen LogP contribution in [0.15, 0.2) is 0 Å². The van der Waals surface area contributed by atoms with Gasteiger partial charge in [0.2, 0.25) is 0 Å². The largest absolute Gasteiger partial charge is 0.395 e. The molecule has 0 bridgehead atoms. The number of hydrogen-bond acceptors (Lipinski definition) is 16. The molecule has 0 amide bonds. The molecule has 1 aliphatic heterocycles. The molecule has 37 heavy (non-hydrogen) atoms. The van der Waals surface area contributed by atoms with Gasteiger partial charge in [0.15, 0.2) is 17.5 Å². The molecule has 3 aromatic heterocycles. The zero-order chi connectivity index (χ0) is 25.9. The van der Waals surface area contributed by atoms with Crippen LogP contribution in [0.2, 0.25) is 0 Å². The van der Waals surface area contributed by atoms with Crippen molar-refractivity contribution >= 4 is 0 Å². The lowest BCUT2D eigenvalue weighted by molar-refractivity contribution is -0.0206. The smallest absolute Gasteiger partial charge is 0.188 e. The van der Waals surface area contributed by atoms with Crippen molar-refractivity contribution in [2.24, 2.45) is 0 Å². The third-order valence-corrected chi connectivity index (χ3v) is 6.42. The fourth-order valence-corrected chi connectivity index (χ4v) is 4.31. The van der Waals surface area contributed by atoms with Gasteiger partial charge in [0.1, 0.15) is 0 Å². The average molecular weight is 523 g/mol. The standard InChI is InChI=1S/C18H34N16O3/c35-12-14(15(37)13-36)34-7-5-32(10-17-21-27-28-22-17)3-1-31(9-16-19-25-26-20-16)2-4-33(6-8-34)11-18-23-29-30-24-18/h14-15,35-37H,1-13H2,(H,19,20,25,26)(H,21,22,27,28)(H,23,24,29,30). The SMILES string of the molecule is OCC(O)C(CO)N1CCN(Cc2nn[nH]n2)CCN(Cc2nn[nH]n2)CCN(Cc2nn[nH]n2)CC1. The lowest BCUT2D eigenvalue weighted by atomic mass is 10.1. The van der Waals surface area contributed by atoms with Crippen LogP contribution in [0.5, 0.6) is 0 Å². The average Bonchev–Trinajstić information content (AvgIpc) is 3.70. The molecule has 0 aromatic carbocycles. The van der Waals surface area contributed by atoms with Crippen LogP contribution in [-0.2, 0) is 19.6 Å². The second kappa shape index (κ2) is 14.0. The Balaban J connectivity index is 1.52. The van der Waals surface area contributed by atoms with E-state index >= 15 is 0 Å². The van der Waals surface area contributed by atoms with Crippen LogP contribution in [0.4, 0.5) is 0 Å². The second-order valence-electron chi connectivity index (χ2n) is 8.85. The zero-order valence-corrected chi connectivity index (χ0v) is 20.5. The molecule has 4 rings (SSSR count). The zero-order valence-electron chi connectivity index (χ0n) is 20.5. The van der Waals surface area contributed by atoms with E-state index in [1.165, 1.54) is 0 Å². The summed E-state index contributed by atoms with van der Waals surface area (Å²) in [4.78, 5) is 8.65. The van der Waals surface area contributed by atoms with E-state index in [4.69, 9.17) is 0 Å². The number of aliphatic hydroxyl groups is 3. The molecule has 4 heterocycles. The minimum Gasteiger partial charge on any atom is -0.395 e. The molecule has 2 unspecified atom stereocenters. The Bertz CT molecular complexity index is 921. The highest BCUT2D eigenvalue weighted by molar-refractivity contribution is 4.85. The first kappa shape index (κ1) is 27.0. The second-order valence-corrected chi connectivity index (χ2v) is 8.85. The molecule has 2 atom stereocenters. The van der Waals surface area contributed by atoms with Crippen molar-refractivity contribution in [3.8, 4) is 0 Å². The number of aromatic amines is 3. The van der Waals surface area contributed by atoms with E-state index in [1.807, 2.05) is 4.90 Å². The maximum Gasteiger partial charge on any atom is 0.188 e. The molecule has 0 saturated carbocycles. The van der Waals surface area contributed by atoms with Crippen LogP contribution in [-0.4, -0.2) is 175 Å². The van der Waals surface area contributed by atoms with E-state index in [9.17, 15) is 15.3 Å². The summed E-state index contributed by atoms with van der Waals surface area (Å²) in [6, 6.07) is -0.610. The minimum absolute atomic E-state index is 0.282. The number of nitrogens with zero attached hydrogens (tertiary/aromatic N) is 13. The first-order valence-corrected chi connectivity index (χ1v) is 12.1. The summed E-state index contributed by atoms with van der Waals surface area (Å²) in [6.07, 6.45) is -1.07. The van der Waals surface area contributed by atoms with Gasteiger partial charge in [-0.3, -0.25) is 19.6 Å². The van der Waals surface area contributed by atoms with E-state index in [-0.39, 0.29) is 6.61 Å². The van der Waals surface area contributed by atoms with Gasteiger partial charge in [0, 0.05) is 52.4 Å². The van der Waals surface area contributed by atoms with Crippen molar-refractivity contribution in [2.45, 2.75) is 31.8 Å². The van der Waals surface area contributed by atoms with Gasteiger partial charge >= 0.3 is 0 Å². The Morgan fingerprint density at radius 2 is 0.973 bits per heavy atom. The summed E-state index contributed by atoms with van der Waals surface area (Å²) in [5.74, 6) is 1.75. The van der Waals surface area contributed by atoms with E-state index in [2.05, 4.69) is 76.6 Å². The number of nitrogens with one attached hydrogen (secondary N) is 3. The Hall–Kier alpha value is -3.07. The summed E-state index contributed by atoms with van der Waals surface area (Å²) >= 11 is 0. The van der Waals surface area contributed by atoms with E-state index < -0.39 is 18.8 Å². The van der Waals surface area contributed by atoms with Crippen molar-refractivity contribution in [3.63, 3.8) is 0 Å². The molecule has 0 aliphatic carbocycles. The van der Waals surface area contributed by atoms with E-state index in [0.29, 0.717) is 89.5 Å². The van der Waals surface area contributed by atoms with Crippen molar-refractivity contribution in [1.29, 1.82) is 0 Å². The van der Waals surface area contributed by atoms with Crippen molar-refractivity contribution in [2.75, 3.05) is 65.6 Å². The summed E-state index contributed by atoms with van der Waals surface area (Å²) in [5, 5.41) is 73.0. The Kier molecular flexibility index (Phi) is 10.2. The lowest BCUT2D eigenvalue weighted by Crippen LogP contribution is -2.53. The van der Waals surface area contributed by atoms with Crippen LogP contribution in [0, 0.1) is 0 Å². The predicted octanol–water partition coefficient (Wildman–Crippen LogP) is -4.94. The molecule has 0 radical (unpaired) electrons. The normalized spacial score (nSPS) is 19.9. The molecule has 1 aliphatic rings. The van der Waals surface area contributed by atoms with Gasteiger partial charge in [-0.25, -0.2) is 0 Å². The van der Waals surface area contributed by atoms with Gasteiger partial charge in [0.05, 0.1) is 45.0 Å². The van der Waals surface area contributed by atoms with Gasteiger partial charge in [-0.1, -0.05) is 15.6 Å². The number of rotatable bonds is 10. The van der Waals surface area contributed by atoms with Gasteiger partial charge in [-0.05, 0) is 0 Å². The Morgan fingerprint density at radius 3 is 1.27 bits per heavy atom. The lowest BCUT2D eigenvalue weighted by Gasteiger charge is -2.37. The van der Waals surface area contributed by atoms with Gasteiger partial charge in [-0.15, -0.1) is 30.6 Å². The van der Waals surface area contributed by atoms with Crippen LogP contribution in [0.25, 0.3) is 0 Å². The Labute approximate surface area is 212 Å². The van der Waals surface area contributed by atoms with Crippen LogP contribution in [0.3, 0.4) is 0 Å². The van der Waals surface area contributed by atoms with Crippen LogP contribution in [0.1, 0.15) is 17.5 Å². The van der Waals surface area contributed by atoms with Crippen LogP contribution < -0.4 is 0 Å². The topological polar surface area (TPSA) is 237 Å². The van der Waals surface area contributed by atoms with Gasteiger partial charge in [0.25, 0.3) is 0 Å². The highest BCUT2D eigenvalue weighted by atomic mass is 16.3. The van der Waals surface area contributed by atoms with Crippen molar-refractivity contribution in [1.82, 2.24) is 81.5 Å². The van der Waals surface area contributed by atoms with Crippen LogP contribution >= 0.6 is 0 Å². The molecule has 3 aromatic rings. The summed E-state index contributed by atoms with van der Waals surface area (Å²) in [7, 11) is 0. The first-order valence-electron chi connectivity index (χ1n) is 12.1. The number of aliphatic hydroxyl groups excluding tert-OH is 3. The third kappa shape index (κ3) is 8.21. The molecular weight excluding hydrogens is 488 g/mol. The van der Waals surface area contributed by atoms with Gasteiger partial charge < -0.3 is 15.3 Å². The summed E-state index contributed by atoms with van der Waals surface area (Å²) in [5.41, 5.74) is 0. The molecule has 19 heteroatoms. The molecule has 1 fully saturated rings. The number of hydrogen-bond donors (Lipinski definition) is 6. The van der Waals surface area contributed by atoms with Crippen molar-refractivity contribution < 1.29 is 15.3 Å². The fourth-order valence-electron chi connectivity index (χ4n) is 4.31. The molecule has 204 valence electrons. The third-order valence-electron chi connectivity index (χ3n) is 6.42. The maximum atomic E-state index is 10.4. The summed E-state index contributed by atoms with van der Waals surface area (Å²) in [6.45, 7) is 5.90. The molecule has 1 saturated heterocycles. The molecule has 19 nitrogen and oxygen atoms in total. The number of H-pyrrole nitrogens is 3.